The van der Waals surface area contributed by atoms with Crippen LogP contribution in [0.5, 0.6) is 0 Å². The van der Waals surface area contributed by atoms with Gasteiger partial charge < -0.3 is 4.79 Å². The van der Waals surface area contributed by atoms with E-state index in [0.29, 0.717) is 0 Å². The first-order valence-corrected chi connectivity index (χ1v) is 6.94. The fourth-order valence-electron chi connectivity index (χ4n) is 2.01. The lowest BCUT2D eigenvalue weighted by atomic mass is 9.94. The molecule has 0 aliphatic heterocycles. The predicted octanol–water partition coefficient (Wildman–Crippen LogP) is 4.38. The highest BCUT2D eigenvalue weighted by Crippen LogP contribution is 2.19. The summed E-state index contributed by atoms with van der Waals surface area (Å²) in [5, 5.41) is 0. The molecule has 0 aliphatic rings. The molecule has 1 heteroatoms. The van der Waals surface area contributed by atoms with Crippen LogP contribution in [0.4, 0.5) is 0 Å². The van der Waals surface area contributed by atoms with Crippen LogP contribution in [0.1, 0.15) is 45.6 Å². The lowest BCUT2D eigenvalue weighted by Gasteiger charge is -2.10. The summed E-state index contributed by atoms with van der Waals surface area (Å²) in [5.74, 6) is 6.56. The summed E-state index contributed by atoms with van der Waals surface area (Å²) in [6, 6.07) is 10.0. The highest BCUT2D eigenvalue weighted by Gasteiger charge is 2.06. The third-order valence-electron chi connectivity index (χ3n) is 3.14. The van der Waals surface area contributed by atoms with Gasteiger partial charge in [0.25, 0.3) is 0 Å². The molecule has 1 nitrogen and oxygen atoms in total. The maximum absolute atomic E-state index is 10.8. The number of rotatable bonds is 5. The van der Waals surface area contributed by atoms with Crippen molar-refractivity contribution in [3.05, 3.63) is 47.0 Å². The zero-order valence-electron chi connectivity index (χ0n) is 12.1. The third kappa shape index (κ3) is 5.14. The molecule has 0 amide bonds. The Balaban J connectivity index is 2.97. The molecule has 0 spiro atoms. The first-order valence-electron chi connectivity index (χ1n) is 6.94. The van der Waals surface area contributed by atoms with E-state index in [-0.39, 0.29) is 5.92 Å². The molecule has 0 fully saturated rings. The molecule has 0 N–H and O–H groups in total. The number of hydrogen-bond donors (Lipinski definition) is 0. The van der Waals surface area contributed by atoms with E-state index >= 15 is 0 Å². The van der Waals surface area contributed by atoms with Gasteiger partial charge in [0.05, 0.1) is 0 Å². The monoisotopic (exact) mass is 254 g/mol. The normalized spacial score (nSPS) is 13.0. The van der Waals surface area contributed by atoms with Crippen LogP contribution in [0, 0.1) is 17.8 Å². The van der Waals surface area contributed by atoms with Gasteiger partial charge in [0.1, 0.15) is 6.29 Å². The molecule has 100 valence electrons. The van der Waals surface area contributed by atoms with Crippen LogP contribution in [0.2, 0.25) is 0 Å². The van der Waals surface area contributed by atoms with Gasteiger partial charge in [0, 0.05) is 17.1 Å². The summed E-state index contributed by atoms with van der Waals surface area (Å²) in [4.78, 5) is 10.8. The van der Waals surface area contributed by atoms with Crippen LogP contribution in [0.15, 0.2) is 41.5 Å². The van der Waals surface area contributed by atoms with Crippen molar-refractivity contribution in [2.24, 2.45) is 5.92 Å². The highest BCUT2D eigenvalue weighted by atomic mass is 16.1. The fraction of sp³-hybridized carbons (Fsp3) is 0.389. The first-order chi connectivity index (χ1) is 9.21. The Hall–Kier alpha value is -1.81. The van der Waals surface area contributed by atoms with Gasteiger partial charge >= 0.3 is 0 Å². The minimum atomic E-state index is 0.0787. The van der Waals surface area contributed by atoms with E-state index in [1.807, 2.05) is 37.3 Å². The molecule has 0 bridgehead atoms. The zero-order chi connectivity index (χ0) is 14.1. The number of benzene rings is 1. The summed E-state index contributed by atoms with van der Waals surface area (Å²) in [5.41, 5.74) is 3.53. The van der Waals surface area contributed by atoms with Crippen LogP contribution in [0.25, 0.3) is 0 Å². The lowest BCUT2D eigenvalue weighted by molar-refractivity contribution is -0.110. The van der Waals surface area contributed by atoms with E-state index in [4.69, 9.17) is 0 Å². The smallest absolute Gasteiger partial charge is 0.123 e. The quantitative estimate of drug-likeness (QED) is 0.563. The van der Waals surface area contributed by atoms with Gasteiger partial charge in [-0.3, -0.25) is 0 Å². The molecular formula is C18H22O. The topological polar surface area (TPSA) is 17.1 Å². The van der Waals surface area contributed by atoms with Crippen molar-refractivity contribution in [2.75, 3.05) is 0 Å². The van der Waals surface area contributed by atoms with Gasteiger partial charge in [-0.05, 0) is 31.4 Å². The van der Waals surface area contributed by atoms with Crippen molar-refractivity contribution in [3.8, 4) is 11.8 Å². The summed E-state index contributed by atoms with van der Waals surface area (Å²) in [6.45, 7) is 6.21. The molecule has 1 aromatic carbocycles. The Labute approximate surface area is 116 Å². The van der Waals surface area contributed by atoms with Gasteiger partial charge in [0.15, 0.2) is 0 Å². The third-order valence-corrected chi connectivity index (χ3v) is 3.14. The van der Waals surface area contributed by atoms with E-state index in [0.717, 1.165) is 31.1 Å². The van der Waals surface area contributed by atoms with Gasteiger partial charge in [-0.15, -0.1) is 0 Å². The second-order valence-corrected chi connectivity index (χ2v) is 4.72. The Morgan fingerprint density at radius 1 is 1.21 bits per heavy atom. The lowest BCUT2D eigenvalue weighted by Crippen LogP contribution is -2.00. The summed E-state index contributed by atoms with van der Waals surface area (Å²) >= 11 is 0. The molecule has 0 saturated carbocycles. The molecule has 19 heavy (non-hydrogen) atoms. The van der Waals surface area contributed by atoms with Crippen molar-refractivity contribution in [2.45, 2.75) is 40.0 Å². The van der Waals surface area contributed by atoms with Gasteiger partial charge in [-0.25, -0.2) is 0 Å². The Morgan fingerprint density at radius 3 is 2.42 bits per heavy atom. The number of aldehydes is 1. The molecule has 0 saturated heterocycles. The fourth-order valence-corrected chi connectivity index (χ4v) is 2.01. The standard InChI is InChI=1S/C18H22O/c1-4-17(18(5-2)13-15(3)14-19)12-11-16-9-7-6-8-10-16/h6-10,14-15H,4-5,13H2,1-3H3. The van der Waals surface area contributed by atoms with Crippen molar-refractivity contribution >= 4 is 6.29 Å². The summed E-state index contributed by atoms with van der Waals surface area (Å²) in [7, 11) is 0. The van der Waals surface area contributed by atoms with E-state index < -0.39 is 0 Å². The maximum atomic E-state index is 10.8. The number of allylic oxidation sites excluding steroid dienone is 2. The van der Waals surface area contributed by atoms with Crippen LogP contribution in [-0.4, -0.2) is 6.29 Å². The molecule has 1 rings (SSSR count). The predicted molar refractivity (Wildman–Crippen MR) is 80.8 cm³/mol. The molecular weight excluding hydrogens is 232 g/mol. The Kier molecular flexibility index (Phi) is 6.68. The molecule has 0 aliphatic carbocycles. The van der Waals surface area contributed by atoms with E-state index in [1.165, 1.54) is 11.1 Å². The second-order valence-electron chi connectivity index (χ2n) is 4.72. The van der Waals surface area contributed by atoms with Crippen molar-refractivity contribution in [3.63, 3.8) is 0 Å². The largest absolute Gasteiger partial charge is 0.303 e. The van der Waals surface area contributed by atoms with Gasteiger partial charge in [-0.1, -0.05) is 56.4 Å². The second kappa shape index (κ2) is 8.32. The SMILES string of the molecule is CCC(C#Cc1ccccc1)=C(CC)CC(C)C=O. The average molecular weight is 254 g/mol. The minimum absolute atomic E-state index is 0.0787. The molecule has 1 unspecified atom stereocenters. The van der Waals surface area contributed by atoms with Crippen molar-refractivity contribution in [1.29, 1.82) is 0 Å². The summed E-state index contributed by atoms with van der Waals surface area (Å²) < 4.78 is 0. The molecule has 0 heterocycles. The average Bonchev–Trinajstić information content (AvgIpc) is 2.47. The summed E-state index contributed by atoms with van der Waals surface area (Å²) in [6.07, 6.45) is 3.74. The number of carbonyl (C=O) groups is 1. The van der Waals surface area contributed by atoms with Gasteiger partial charge in [0.2, 0.25) is 0 Å². The van der Waals surface area contributed by atoms with Crippen molar-refractivity contribution in [1.82, 2.24) is 0 Å². The molecule has 1 aromatic rings. The van der Waals surface area contributed by atoms with Crippen LogP contribution in [-0.2, 0) is 4.79 Å². The van der Waals surface area contributed by atoms with E-state index in [9.17, 15) is 4.79 Å². The van der Waals surface area contributed by atoms with E-state index in [1.54, 1.807) is 0 Å². The minimum Gasteiger partial charge on any atom is -0.303 e. The van der Waals surface area contributed by atoms with Crippen molar-refractivity contribution < 1.29 is 4.79 Å². The number of carbonyl (C=O) groups excluding carboxylic acids is 1. The van der Waals surface area contributed by atoms with Crippen LogP contribution < -0.4 is 0 Å². The maximum Gasteiger partial charge on any atom is 0.123 e. The Bertz CT molecular complexity index is 485. The highest BCUT2D eigenvalue weighted by molar-refractivity contribution is 5.54. The van der Waals surface area contributed by atoms with Crippen LogP contribution >= 0.6 is 0 Å². The molecule has 0 radical (unpaired) electrons. The number of hydrogen-bond acceptors (Lipinski definition) is 1. The van der Waals surface area contributed by atoms with E-state index in [2.05, 4.69) is 25.7 Å². The van der Waals surface area contributed by atoms with Gasteiger partial charge in [-0.2, -0.15) is 0 Å². The zero-order valence-corrected chi connectivity index (χ0v) is 12.1. The van der Waals surface area contributed by atoms with Crippen LogP contribution in [0.3, 0.4) is 0 Å². The Morgan fingerprint density at radius 2 is 1.89 bits per heavy atom. The first kappa shape index (κ1) is 15.2. The molecule has 1 atom stereocenters. The molecule has 0 aromatic heterocycles.